The summed E-state index contributed by atoms with van der Waals surface area (Å²) >= 11 is 3.31. The van der Waals surface area contributed by atoms with Crippen LogP contribution in [0.3, 0.4) is 0 Å². The number of sulfonamides is 1. The van der Waals surface area contributed by atoms with Crippen LogP contribution in [0.15, 0.2) is 82.2 Å². The number of carbonyl (C=O) groups is 1. The van der Waals surface area contributed by atoms with Gasteiger partial charge >= 0.3 is 0 Å². The number of halogens is 1. The summed E-state index contributed by atoms with van der Waals surface area (Å²) in [5, 5.41) is 2.96. The van der Waals surface area contributed by atoms with E-state index in [0.717, 1.165) is 33.3 Å². The number of hydrogen-bond acceptors (Lipinski definition) is 3. The molecule has 0 unspecified atom stereocenters. The molecule has 0 heterocycles. The lowest BCUT2D eigenvalue weighted by atomic mass is 10.0. The molecule has 0 spiro atoms. The minimum absolute atomic E-state index is 0.103. The molecule has 0 radical (unpaired) electrons. The lowest BCUT2D eigenvalue weighted by Crippen LogP contribution is -2.45. The van der Waals surface area contributed by atoms with Crippen LogP contribution in [0.5, 0.6) is 0 Å². The van der Waals surface area contributed by atoms with Crippen LogP contribution in [0.1, 0.15) is 23.6 Å². The first kappa shape index (κ1) is 23.2. The van der Waals surface area contributed by atoms with Crippen molar-refractivity contribution in [3.05, 3.63) is 94.0 Å². The van der Waals surface area contributed by atoms with Crippen molar-refractivity contribution in [3.63, 3.8) is 0 Å². The Kier molecular flexibility index (Phi) is 7.64. The lowest BCUT2D eigenvalue weighted by molar-refractivity contribution is -0.117. The van der Waals surface area contributed by atoms with Crippen LogP contribution in [-0.2, 0) is 27.7 Å². The van der Waals surface area contributed by atoms with Gasteiger partial charge in [0.15, 0.2) is 0 Å². The van der Waals surface area contributed by atoms with Gasteiger partial charge in [0.2, 0.25) is 15.9 Å². The van der Waals surface area contributed by atoms with Crippen molar-refractivity contribution in [2.75, 3.05) is 5.32 Å². The highest BCUT2D eigenvalue weighted by atomic mass is 79.9. The SMILES string of the molecule is CCc1cccc(C)c1NC(=O)[C@H](Cc1ccccc1)NS(=O)(=O)c1ccc(Br)cc1. The fraction of sp³-hybridized carbons (Fsp3) is 0.208. The molecule has 0 aromatic heterocycles. The van der Waals surface area contributed by atoms with E-state index in [2.05, 4.69) is 26.0 Å². The summed E-state index contributed by atoms with van der Waals surface area (Å²) in [5.74, 6) is -0.395. The van der Waals surface area contributed by atoms with E-state index in [1.54, 1.807) is 12.1 Å². The van der Waals surface area contributed by atoms with Crippen molar-refractivity contribution >= 4 is 37.5 Å². The lowest BCUT2D eigenvalue weighted by Gasteiger charge is -2.21. The van der Waals surface area contributed by atoms with Gasteiger partial charge in [-0.1, -0.05) is 71.4 Å². The molecule has 0 aliphatic rings. The highest BCUT2D eigenvalue weighted by Crippen LogP contribution is 2.22. The number of anilines is 1. The summed E-state index contributed by atoms with van der Waals surface area (Å²) in [7, 11) is -3.89. The Labute approximate surface area is 192 Å². The quantitative estimate of drug-likeness (QED) is 0.464. The van der Waals surface area contributed by atoms with Crippen LogP contribution in [0.2, 0.25) is 0 Å². The Morgan fingerprint density at radius 1 is 0.968 bits per heavy atom. The first-order valence-electron chi connectivity index (χ1n) is 10.0. The van der Waals surface area contributed by atoms with Gasteiger partial charge in [0.05, 0.1) is 4.90 Å². The maximum absolute atomic E-state index is 13.3. The fourth-order valence-corrected chi connectivity index (χ4v) is 4.78. The third-order valence-corrected chi connectivity index (χ3v) is 7.02. The van der Waals surface area contributed by atoms with Gasteiger partial charge in [0, 0.05) is 10.2 Å². The predicted octanol–water partition coefficient (Wildman–Crippen LogP) is 4.85. The van der Waals surface area contributed by atoms with Crippen LogP contribution in [-0.4, -0.2) is 20.4 Å². The van der Waals surface area contributed by atoms with Gasteiger partial charge in [0.25, 0.3) is 0 Å². The summed E-state index contributed by atoms with van der Waals surface area (Å²) in [5.41, 5.74) is 3.53. The maximum atomic E-state index is 13.3. The van der Waals surface area contributed by atoms with Gasteiger partial charge < -0.3 is 5.32 Å². The van der Waals surface area contributed by atoms with Crippen molar-refractivity contribution in [1.29, 1.82) is 0 Å². The van der Waals surface area contributed by atoms with Crippen LogP contribution in [0.4, 0.5) is 5.69 Å². The molecular weight excluding hydrogens is 476 g/mol. The zero-order valence-corrected chi connectivity index (χ0v) is 19.8. The summed E-state index contributed by atoms with van der Waals surface area (Å²) in [4.78, 5) is 13.4. The molecule has 0 aliphatic heterocycles. The number of hydrogen-bond donors (Lipinski definition) is 2. The minimum Gasteiger partial charge on any atom is -0.324 e. The van der Waals surface area contributed by atoms with Crippen molar-refractivity contribution in [2.24, 2.45) is 0 Å². The molecule has 31 heavy (non-hydrogen) atoms. The molecule has 0 aliphatic carbocycles. The molecule has 3 rings (SSSR count). The molecule has 0 bridgehead atoms. The predicted molar refractivity (Wildman–Crippen MR) is 128 cm³/mol. The van der Waals surface area contributed by atoms with Gasteiger partial charge in [-0.25, -0.2) is 8.42 Å². The second-order valence-electron chi connectivity index (χ2n) is 7.27. The van der Waals surface area contributed by atoms with E-state index < -0.39 is 22.0 Å². The van der Waals surface area contributed by atoms with Crippen LogP contribution in [0, 0.1) is 6.92 Å². The molecule has 5 nitrogen and oxygen atoms in total. The Hall–Kier alpha value is -2.48. The third kappa shape index (κ3) is 6.03. The largest absolute Gasteiger partial charge is 0.324 e. The maximum Gasteiger partial charge on any atom is 0.242 e. The van der Waals surface area contributed by atoms with E-state index in [0.29, 0.717) is 0 Å². The molecule has 0 saturated heterocycles. The number of carbonyl (C=O) groups excluding carboxylic acids is 1. The Balaban J connectivity index is 1.91. The highest BCUT2D eigenvalue weighted by molar-refractivity contribution is 9.10. The Morgan fingerprint density at radius 3 is 2.29 bits per heavy atom. The van der Waals surface area contributed by atoms with Gasteiger partial charge in [-0.05, 0) is 60.7 Å². The molecule has 1 atom stereocenters. The van der Waals surface area contributed by atoms with E-state index in [1.807, 2.05) is 62.4 Å². The normalized spacial score (nSPS) is 12.4. The van der Waals surface area contributed by atoms with Crippen molar-refractivity contribution < 1.29 is 13.2 Å². The summed E-state index contributed by atoms with van der Waals surface area (Å²) in [6.07, 6.45) is 0.987. The average Bonchev–Trinajstić information content (AvgIpc) is 2.75. The van der Waals surface area contributed by atoms with Crippen LogP contribution < -0.4 is 10.0 Å². The standard InChI is InChI=1S/C24H25BrN2O3S/c1-3-19-11-7-8-17(2)23(19)26-24(28)22(16-18-9-5-4-6-10-18)27-31(29,30)21-14-12-20(25)13-15-21/h4-15,22,27H,3,16H2,1-2H3,(H,26,28)/t22-/m0/s1. The number of rotatable bonds is 8. The zero-order chi connectivity index (χ0) is 22.4. The first-order valence-corrected chi connectivity index (χ1v) is 12.3. The van der Waals surface area contributed by atoms with Crippen molar-refractivity contribution in [2.45, 2.75) is 37.6 Å². The topological polar surface area (TPSA) is 75.3 Å². The number of benzene rings is 3. The summed E-state index contributed by atoms with van der Waals surface area (Å²) in [6, 6.07) is 20.5. The molecular formula is C24H25BrN2O3S. The highest BCUT2D eigenvalue weighted by Gasteiger charge is 2.27. The van der Waals surface area contributed by atoms with Crippen LogP contribution >= 0.6 is 15.9 Å². The van der Waals surface area contributed by atoms with Gasteiger partial charge in [-0.3, -0.25) is 4.79 Å². The molecule has 2 N–H and O–H groups in total. The molecule has 1 amide bonds. The minimum atomic E-state index is -3.89. The Morgan fingerprint density at radius 2 is 1.65 bits per heavy atom. The fourth-order valence-electron chi connectivity index (χ4n) is 3.32. The monoisotopic (exact) mass is 500 g/mol. The summed E-state index contributed by atoms with van der Waals surface area (Å²) < 4.78 is 29.3. The van der Waals surface area contributed by atoms with E-state index in [-0.39, 0.29) is 11.3 Å². The van der Waals surface area contributed by atoms with Crippen molar-refractivity contribution in [1.82, 2.24) is 4.72 Å². The smallest absolute Gasteiger partial charge is 0.242 e. The number of amides is 1. The molecule has 0 saturated carbocycles. The second-order valence-corrected chi connectivity index (χ2v) is 9.90. The van der Waals surface area contributed by atoms with E-state index in [1.165, 1.54) is 12.1 Å². The van der Waals surface area contributed by atoms with E-state index in [4.69, 9.17) is 0 Å². The summed E-state index contributed by atoms with van der Waals surface area (Å²) in [6.45, 7) is 3.94. The molecule has 7 heteroatoms. The number of para-hydroxylation sites is 1. The molecule has 3 aromatic carbocycles. The van der Waals surface area contributed by atoms with E-state index >= 15 is 0 Å². The van der Waals surface area contributed by atoms with Gasteiger partial charge in [0.1, 0.15) is 6.04 Å². The molecule has 3 aromatic rings. The van der Waals surface area contributed by atoms with Gasteiger partial charge in [-0.15, -0.1) is 0 Å². The zero-order valence-electron chi connectivity index (χ0n) is 17.4. The average molecular weight is 501 g/mol. The number of aryl methyl sites for hydroxylation is 2. The third-order valence-electron chi connectivity index (χ3n) is 5.01. The molecule has 0 fully saturated rings. The van der Waals surface area contributed by atoms with Gasteiger partial charge in [-0.2, -0.15) is 4.72 Å². The molecule has 162 valence electrons. The number of nitrogens with one attached hydrogen (secondary N) is 2. The first-order chi connectivity index (χ1) is 14.8. The Bertz CT molecular complexity index is 1150. The van der Waals surface area contributed by atoms with Crippen molar-refractivity contribution in [3.8, 4) is 0 Å². The second kappa shape index (κ2) is 10.2. The van der Waals surface area contributed by atoms with E-state index in [9.17, 15) is 13.2 Å². The van der Waals surface area contributed by atoms with Crippen LogP contribution in [0.25, 0.3) is 0 Å².